The Labute approximate surface area is 238 Å². The first-order valence-corrected chi connectivity index (χ1v) is 16.4. The highest BCUT2D eigenvalue weighted by Crippen LogP contribution is 2.52. The first-order valence-electron chi connectivity index (χ1n) is 16.4. The molecule has 7 aliphatic rings. The van der Waals surface area contributed by atoms with Crippen LogP contribution in [-0.2, 0) is 19.4 Å². The van der Waals surface area contributed by atoms with Crippen LogP contribution in [0.1, 0.15) is 86.1 Å². The Bertz CT molecular complexity index is 1290. The van der Waals surface area contributed by atoms with E-state index >= 15 is 0 Å². The Morgan fingerprint density at radius 2 is 1.73 bits per heavy atom. The van der Waals surface area contributed by atoms with Gasteiger partial charge < -0.3 is 19.9 Å². The Balaban J connectivity index is 1.05. The predicted octanol–water partition coefficient (Wildman–Crippen LogP) is 4.43. The number of nitrogens with one attached hydrogen (secondary N) is 1. The molecule has 1 aromatic carbocycles. The number of aryl methyl sites for hydroxylation is 1. The van der Waals surface area contributed by atoms with E-state index in [1.54, 1.807) is 11.1 Å². The molecule has 3 atom stereocenters. The van der Waals surface area contributed by atoms with Gasteiger partial charge in [-0.25, -0.2) is 0 Å². The fourth-order valence-corrected chi connectivity index (χ4v) is 9.50. The van der Waals surface area contributed by atoms with E-state index < -0.39 is 0 Å². The number of aromatic nitrogens is 2. The van der Waals surface area contributed by atoms with Gasteiger partial charge in [-0.1, -0.05) is 12.1 Å². The average Bonchev–Trinajstić information content (AvgIpc) is 3.27. The Morgan fingerprint density at radius 3 is 2.52 bits per heavy atom. The Hall–Kier alpha value is -2.38. The molecule has 1 saturated carbocycles. The van der Waals surface area contributed by atoms with Crippen LogP contribution in [0.25, 0.3) is 0 Å². The number of anilines is 2. The summed E-state index contributed by atoms with van der Waals surface area (Å²) in [4.78, 5) is 18.3. The fourth-order valence-electron chi connectivity index (χ4n) is 9.50. The number of benzene rings is 1. The van der Waals surface area contributed by atoms with Crippen molar-refractivity contribution in [3.63, 3.8) is 0 Å². The van der Waals surface area contributed by atoms with E-state index in [9.17, 15) is 0 Å². The van der Waals surface area contributed by atoms with Crippen LogP contribution in [0.15, 0.2) is 18.2 Å². The van der Waals surface area contributed by atoms with Crippen molar-refractivity contribution in [1.82, 2.24) is 20.2 Å². The van der Waals surface area contributed by atoms with Gasteiger partial charge in [-0.3, -0.25) is 4.90 Å². The van der Waals surface area contributed by atoms with E-state index in [-0.39, 0.29) is 5.54 Å². The van der Waals surface area contributed by atoms with Crippen molar-refractivity contribution < 1.29 is 4.74 Å². The number of rotatable bonds is 6. The smallest absolute Gasteiger partial charge is 0.318 e. The lowest BCUT2D eigenvalue weighted by atomic mass is 9.93. The molecule has 2 aliphatic carbocycles. The van der Waals surface area contributed by atoms with Gasteiger partial charge in [0, 0.05) is 43.0 Å². The molecule has 2 bridgehead atoms. The standard InChI is InChI=1S/C33H44N6O/c1-4-23-8-11-26(22-6-7-22)30(23)29(5-1)37-17-12-27-28(20-37)35-32(40-21-33-13-2-15-39(33)16-3-14-33)36-31(27)38-18-24-9-10-25(19-38)34-24/h1,4-5,22,24-26,34H,2-3,6-21H2. The normalized spacial score (nSPS) is 30.4. The van der Waals surface area contributed by atoms with Crippen LogP contribution in [0.3, 0.4) is 0 Å². The SMILES string of the molecule is c1cc2c(c(N3CCc4c(nc(OCC56CCCN5CCC6)nc4N4CC5CCC(C4)N5)C3)c1)C(C1CC1)CC2. The Kier molecular flexibility index (Phi) is 5.65. The van der Waals surface area contributed by atoms with Gasteiger partial charge in [0.05, 0.1) is 17.8 Å². The van der Waals surface area contributed by atoms with Gasteiger partial charge in [0.2, 0.25) is 0 Å². The number of nitrogens with zero attached hydrogens (tertiary/aromatic N) is 5. The van der Waals surface area contributed by atoms with E-state index in [4.69, 9.17) is 14.7 Å². The second kappa shape index (κ2) is 9.32. The lowest BCUT2D eigenvalue weighted by Crippen LogP contribution is -2.52. The third-order valence-electron chi connectivity index (χ3n) is 11.6. The predicted molar refractivity (Wildman–Crippen MR) is 157 cm³/mol. The number of piperazine rings is 1. The van der Waals surface area contributed by atoms with Crippen molar-refractivity contribution in [2.75, 3.05) is 49.1 Å². The van der Waals surface area contributed by atoms with Crippen LogP contribution < -0.4 is 19.9 Å². The van der Waals surface area contributed by atoms with Gasteiger partial charge >= 0.3 is 6.01 Å². The molecule has 7 heteroatoms. The maximum Gasteiger partial charge on any atom is 0.318 e. The zero-order chi connectivity index (χ0) is 26.3. The monoisotopic (exact) mass is 540 g/mol. The maximum absolute atomic E-state index is 6.61. The summed E-state index contributed by atoms with van der Waals surface area (Å²) in [7, 11) is 0. The lowest BCUT2D eigenvalue weighted by molar-refractivity contribution is 0.107. The van der Waals surface area contributed by atoms with Crippen LogP contribution in [0, 0.1) is 5.92 Å². The van der Waals surface area contributed by atoms with Gasteiger partial charge in [0.15, 0.2) is 0 Å². The molecule has 6 heterocycles. The van der Waals surface area contributed by atoms with Gasteiger partial charge in [0.25, 0.3) is 0 Å². The molecule has 5 aliphatic heterocycles. The zero-order valence-corrected chi connectivity index (χ0v) is 23.9. The molecule has 40 heavy (non-hydrogen) atoms. The van der Waals surface area contributed by atoms with Crippen molar-refractivity contribution in [3.8, 4) is 6.01 Å². The van der Waals surface area contributed by atoms with Crippen molar-refractivity contribution in [3.05, 3.63) is 40.6 Å². The van der Waals surface area contributed by atoms with Crippen molar-refractivity contribution in [2.45, 2.75) is 101 Å². The van der Waals surface area contributed by atoms with Crippen molar-refractivity contribution in [2.24, 2.45) is 5.92 Å². The number of fused-ring (bicyclic) bond motifs is 5. The molecule has 2 aromatic rings. The van der Waals surface area contributed by atoms with Gasteiger partial charge in [0.1, 0.15) is 12.4 Å². The summed E-state index contributed by atoms with van der Waals surface area (Å²) in [6.45, 7) is 7.20. The quantitative estimate of drug-likeness (QED) is 0.582. The zero-order valence-electron chi connectivity index (χ0n) is 23.9. The lowest BCUT2D eigenvalue weighted by Gasteiger charge is -2.38. The van der Waals surface area contributed by atoms with Gasteiger partial charge in [-0.15, -0.1) is 0 Å². The van der Waals surface area contributed by atoms with Crippen LogP contribution >= 0.6 is 0 Å². The molecule has 1 aromatic heterocycles. The molecule has 3 unspecified atom stereocenters. The third kappa shape index (κ3) is 3.98. The summed E-state index contributed by atoms with van der Waals surface area (Å²) in [5.74, 6) is 2.85. The number of ether oxygens (including phenoxy) is 1. The summed E-state index contributed by atoms with van der Waals surface area (Å²) in [6, 6.07) is 8.87. The molecule has 0 amide bonds. The molecule has 7 nitrogen and oxygen atoms in total. The number of hydrogen-bond donors (Lipinski definition) is 1. The Morgan fingerprint density at radius 1 is 0.900 bits per heavy atom. The topological polar surface area (TPSA) is 56.8 Å². The highest BCUT2D eigenvalue weighted by atomic mass is 16.5. The van der Waals surface area contributed by atoms with Crippen molar-refractivity contribution >= 4 is 11.5 Å². The van der Waals surface area contributed by atoms with Gasteiger partial charge in [-0.2, -0.15) is 9.97 Å². The van der Waals surface area contributed by atoms with Crippen LogP contribution in [0.4, 0.5) is 11.5 Å². The molecule has 5 fully saturated rings. The van der Waals surface area contributed by atoms with Crippen LogP contribution in [0.5, 0.6) is 6.01 Å². The summed E-state index contributed by atoms with van der Waals surface area (Å²) in [6.07, 6.45) is 14.1. The molecule has 0 spiro atoms. The minimum Gasteiger partial charge on any atom is -0.461 e. The second-order valence-electron chi connectivity index (χ2n) is 14.0. The molecule has 4 saturated heterocycles. The van der Waals surface area contributed by atoms with E-state index in [1.165, 1.54) is 100 Å². The molecule has 0 radical (unpaired) electrons. The third-order valence-corrected chi connectivity index (χ3v) is 11.6. The number of hydrogen-bond acceptors (Lipinski definition) is 7. The van der Waals surface area contributed by atoms with Crippen LogP contribution in [-0.4, -0.2) is 71.8 Å². The van der Waals surface area contributed by atoms with E-state index in [2.05, 4.69) is 38.2 Å². The summed E-state index contributed by atoms with van der Waals surface area (Å²) in [5.41, 5.74) is 7.52. The van der Waals surface area contributed by atoms with Crippen molar-refractivity contribution in [1.29, 1.82) is 0 Å². The fraction of sp³-hybridized carbons (Fsp3) is 0.697. The molecule has 212 valence electrons. The largest absolute Gasteiger partial charge is 0.461 e. The minimum atomic E-state index is 0.210. The van der Waals surface area contributed by atoms with Crippen LogP contribution in [0.2, 0.25) is 0 Å². The molecular weight excluding hydrogens is 496 g/mol. The van der Waals surface area contributed by atoms with E-state index in [0.717, 1.165) is 51.0 Å². The summed E-state index contributed by atoms with van der Waals surface area (Å²) in [5, 5.41) is 3.81. The second-order valence-corrected chi connectivity index (χ2v) is 14.0. The highest BCUT2D eigenvalue weighted by Gasteiger charge is 2.45. The van der Waals surface area contributed by atoms with E-state index in [1.807, 2.05) is 0 Å². The molecular formula is C33H44N6O. The summed E-state index contributed by atoms with van der Waals surface area (Å²) >= 11 is 0. The van der Waals surface area contributed by atoms with Gasteiger partial charge in [-0.05, 0) is 113 Å². The van der Waals surface area contributed by atoms with E-state index in [0.29, 0.717) is 18.1 Å². The first kappa shape index (κ1) is 24.2. The summed E-state index contributed by atoms with van der Waals surface area (Å²) < 4.78 is 6.61. The molecule has 9 rings (SSSR count). The molecule has 1 N–H and O–H groups in total. The maximum atomic E-state index is 6.61. The first-order chi connectivity index (χ1) is 19.7. The minimum absolute atomic E-state index is 0.210. The average molecular weight is 541 g/mol. The highest BCUT2D eigenvalue weighted by molar-refractivity contribution is 5.63.